The van der Waals surface area contributed by atoms with Gasteiger partial charge in [0.15, 0.2) is 0 Å². The maximum atomic E-state index is 13.5. The van der Waals surface area contributed by atoms with Crippen LogP contribution in [0.4, 0.5) is 22.0 Å². The standard InChI is InChI=1S/C14H15F5O5S/c15-13(16,17)10(14(18,19)25(22)23)24-11(21)12-3-6-1-7(4-12)9(20)8(2-6)5-12/h6-8,10,25H,1-5H2. The van der Waals surface area contributed by atoms with Gasteiger partial charge in [-0.2, -0.15) is 22.0 Å². The molecule has 11 heteroatoms. The number of Topliss-reactive ketones (excluding diaryl/α,β-unsaturated/α-hetero) is 1. The van der Waals surface area contributed by atoms with Crippen LogP contribution in [0.2, 0.25) is 0 Å². The lowest BCUT2D eigenvalue weighted by molar-refractivity contribution is -0.264. The van der Waals surface area contributed by atoms with Crippen LogP contribution in [0, 0.1) is 23.2 Å². The van der Waals surface area contributed by atoms with Crippen molar-refractivity contribution in [3.63, 3.8) is 0 Å². The van der Waals surface area contributed by atoms with E-state index < -0.39 is 51.5 Å². The minimum absolute atomic E-state index is 0.0304. The molecule has 0 aromatic rings. The van der Waals surface area contributed by atoms with Crippen LogP contribution in [0.5, 0.6) is 0 Å². The third-order valence-corrected chi connectivity index (χ3v) is 6.23. The summed E-state index contributed by atoms with van der Waals surface area (Å²) in [5, 5.41) is -5.26. The molecule has 4 aliphatic carbocycles. The van der Waals surface area contributed by atoms with E-state index in [4.69, 9.17) is 0 Å². The van der Waals surface area contributed by atoms with Crippen LogP contribution in [-0.4, -0.2) is 37.7 Å². The van der Waals surface area contributed by atoms with Crippen molar-refractivity contribution in [1.82, 2.24) is 0 Å². The predicted octanol–water partition coefficient (Wildman–Crippen LogP) is 2.06. The van der Waals surface area contributed by atoms with Gasteiger partial charge in [0.05, 0.1) is 5.41 Å². The SMILES string of the molecule is O=C1C2CC3CC1CC(C(=O)OC(C(F)(F)F)C(F)(F)[SH](=O)=O)(C3)C2. The molecule has 0 aromatic carbocycles. The number of rotatable bonds is 4. The molecule has 4 saturated carbocycles. The molecule has 4 fully saturated rings. The molecule has 25 heavy (non-hydrogen) atoms. The second kappa shape index (κ2) is 5.62. The van der Waals surface area contributed by atoms with Gasteiger partial charge in [0.2, 0.25) is 10.7 Å². The fourth-order valence-corrected chi connectivity index (χ4v) is 5.05. The van der Waals surface area contributed by atoms with E-state index in [-0.39, 0.29) is 31.0 Å². The summed E-state index contributed by atoms with van der Waals surface area (Å²) in [5.41, 5.74) is -1.42. The Balaban J connectivity index is 1.87. The fraction of sp³-hybridized carbons (Fsp3) is 0.857. The van der Waals surface area contributed by atoms with Crippen LogP contribution < -0.4 is 0 Å². The zero-order chi connectivity index (χ0) is 18.8. The molecule has 0 saturated heterocycles. The van der Waals surface area contributed by atoms with E-state index in [1.165, 1.54) is 0 Å². The van der Waals surface area contributed by atoms with E-state index in [9.17, 15) is 40.0 Å². The molecule has 4 rings (SSSR count). The number of halogens is 5. The first-order valence-electron chi connectivity index (χ1n) is 7.70. The summed E-state index contributed by atoms with van der Waals surface area (Å²) in [6.07, 6.45) is -8.62. The summed E-state index contributed by atoms with van der Waals surface area (Å²) < 4.78 is 90.7. The summed E-state index contributed by atoms with van der Waals surface area (Å²) in [4.78, 5) is 24.4. The van der Waals surface area contributed by atoms with Gasteiger partial charge in [-0.3, -0.25) is 9.59 Å². The fourth-order valence-electron chi connectivity index (χ4n) is 4.66. The lowest BCUT2D eigenvalue weighted by Gasteiger charge is -2.54. The van der Waals surface area contributed by atoms with Crippen molar-refractivity contribution in [2.24, 2.45) is 23.2 Å². The number of hydrogen-bond donors (Lipinski definition) is 1. The Bertz CT molecular complexity index is 660. The summed E-state index contributed by atoms with van der Waals surface area (Å²) in [7, 11) is -4.80. The molecule has 4 bridgehead atoms. The second-order valence-electron chi connectivity index (χ2n) is 7.20. The quantitative estimate of drug-likeness (QED) is 0.452. The number of thiol groups is 1. The minimum Gasteiger partial charge on any atom is -0.444 e. The number of hydrogen-bond acceptors (Lipinski definition) is 5. The van der Waals surface area contributed by atoms with E-state index in [1.54, 1.807) is 0 Å². The first-order chi connectivity index (χ1) is 11.4. The summed E-state index contributed by atoms with van der Waals surface area (Å²) in [5.74, 6) is -2.51. The van der Waals surface area contributed by atoms with Crippen molar-refractivity contribution in [3.05, 3.63) is 0 Å². The van der Waals surface area contributed by atoms with Crippen molar-refractivity contribution in [2.75, 3.05) is 0 Å². The Morgan fingerprint density at radius 1 is 1.08 bits per heavy atom. The van der Waals surface area contributed by atoms with Crippen LogP contribution in [0.25, 0.3) is 0 Å². The van der Waals surface area contributed by atoms with Gasteiger partial charge in [0.25, 0.3) is 6.10 Å². The van der Waals surface area contributed by atoms with Gasteiger partial charge in [0, 0.05) is 11.8 Å². The molecule has 0 aliphatic heterocycles. The highest BCUT2D eigenvalue weighted by Crippen LogP contribution is 2.59. The Labute approximate surface area is 140 Å². The van der Waals surface area contributed by atoms with Crippen molar-refractivity contribution in [1.29, 1.82) is 0 Å². The monoisotopic (exact) mass is 390 g/mol. The number of esters is 1. The molecule has 4 aliphatic rings. The van der Waals surface area contributed by atoms with Gasteiger partial charge in [-0.15, -0.1) is 0 Å². The normalized spacial score (nSPS) is 35.9. The summed E-state index contributed by atoms with van der Waals surface area (Å²) in [6, 6.07) is 0. The molecule has 0 heterocycles. The zero-order valence-corrected chi connectivity index (χ0v) is 13.6. The average Bonchev–Trinajstić information content (AvgIpc) is 2.47. The van der Waals surface area contributed by atoms with E-state index in [2.05, 4.69) is 4.74 Å². The maximum absolute atomic E-state index is 13.5. The molecule has 5 nitrogen and oxygen atoms in total. The Morgan fingerprint density at radius 3 is 2.04 bits per heavy atom. The number of carbonyl (C=O) groups is 2. The van der Waals surface area contributed by atoms with Gasteiger partial charge in [-0.05, 0) is 38.0 Å². The highest BCUT2D eigenvalue weighted by molar-refractivity contribution is 7.73. The van der Waals surface area contributed by atoms with Gasteiger partial charge in [0.1, 0.15) is 5.78 Å². The number of ether oxygens (including phenoxy) is 1. The van der Waals surface area contributed by atoms with Crippen molar-refractivity contribution < 1.29 is 44.7 Å². The molecule has 0 N–H and O–H groups in total. The average molecular weight is 390 g/mol. The van der Waals surface area contributed by atoms with Crippen LogP contribution in [0.15, 0.2) is 0 Å². The Kier molecular flexibility index (Phi) is 4.16. The maximum Gasteiger partial charge on any atom is 0.432 e. The van der Waals surface area contributed by atoms with Crippen molar-refractivity contribution >= 4 is 22.5 Å². The molecule has 0 spiro atoms. The molecule has 3 unspecified atom stereocenters. The molecule has 3 atom stereocenters. The predicted molar refractivity (Wildman–Crippen MR) is 72.2 cm³/mol. The van der Waals surface area contributed by atoms with Gasteiger partial charge in [-0.25, -0.2) is 8.42 Å². The molecule has 0 amide bonds. The lowest BCUT2D eigenvalue weighted by atomic mass is 9.49. The van der Waals surface area contributed by atoms with Gasteiger partial charge < -0.3 is 4.74 Å². The van der Waals surface area contributed by atoms with Crippen molar-refractivity contribution in [2.45, 2.75) is 49.6 Å². The molecular weight excluding hydrogens is 375 g/mol. The summed E-state index contributed by atoms with van der Waals surface area (Å²) in [6.45, 7) is 0. The third-order valence-electron chi connectivity index (χ3n) is 5.51. The summed E-state index contributed by atoms with van der Waals surface area (Å²) >= 11 is 0. The van der Waals surface area contributed by atoms with E-state index >= 15 is 0 Å². The number of carbonyl (C=O) groups excluding carboxylic acids is 2. The Hall–Kier alpha value is -1.26. The first kappa shape index (κ1) is 18.5. The van der Waals surface area contributed by atoms with Crippen LogP contribution >= 0.6 is 0 Å². The van der Waals surface area contributed by atoms with E-state index in [0.717, 1.165) is 0 Å². The molecule has 0 radical (unpaired) electrons. The minimum atomic E-state index is -5.74. The topological polar surface area (TPSA) is 77.5 Å². The molecule has 142 valence electrons. The van der Waals surface area contributed by atoms with E-state index in [0.29, 0.717) is 12.8 Å². The Morgan fingerprint density at radius 2 is 1.60 bits per heavy atom. The molecule has 0 aromatic heterocycles. The zero-order valence-electron chi connectivity index (χ0n) is 12.7. The van der Waals surface area contributed by atoms with Gasteiger partial charge >= 0.3 is 17.4 Å². The van der Waals surface area contributed by atoms with Crippen LogP contribution in [0.1, 0.15) is 32.1 Å². The largest absolute Gasteiger partial charge is 0.444 e. The van der Waals surface area contributed by atoms with Crippen molar-refractivity contribution in [3.8, 4) is 0 Å². The smallest absolute Gasteiger partial charge is 0.432 e. The highest BCUT2D eigenvalue weighted by Gasteiger charge is 2.64. The lowest BCUT2D eigenvalue weighted by Crippen LogP contribution is -2.57. The highest BCUT2D eigenvalue weighted by atomic mass is 32.2. The van der Waals surface area contributed by atoms with Crippen LogP contribution in [-0.2, 0) is 25.0 Å². The number of ketones is 1. The number of alkyl halides is 5. The second-order valence-corrected chi connectivity index (χ2v) is 8.31. The van der Waals surface area contributed by atoms with Crippen LogP contribution in [0.3, 0.4) is 0 Å². The first-order valence-corrected chi connectivity index (χ1v) is 8.88. The van der Waals surface area contributed by atoms with E-state index in [1.807, 2.05) is 0 Å². The molecular formula is C14H15F5O5S. The third kappa shape index (κ3) is 2.93. The van der Waals surface area contributed by atoms with Gasteiger partial charge in [-0.1, -0.05) is 0 Å².